The van der Waals surface area contributed by atoms with E-state index >= 15 is 0 Å². The van der Waals surface area contributed by atoms with Crippen LogP contribution in [0.25, 0.3) is 0 Å². The highest BCUT2D eigenvalue weighted by atomic mass is 16.4. The molecular formula is C9H15NO6. The van der Waals surface area contributed by atoms with Crippen molar-refractivity contribution in [1.82, 2.24) is 5.32 Å². The number of rotatable bonds is 2. The third-order valence-electron chi connectivity index (χ3n) is 1.78. The van der Waals surface area contributed by atoms with Gasteiger partial charge in [0.05, 0.1) is 12.2 Å². The van der Waals surface area contributed by atoms with Crippen LogP contribution in [0.2, 0.25) is 0 Å². The largest absolute Gasteiger partial charge is 0.478 e. The summed E-state index contributed by atoms with van der Waals surface area (Å²) in [5.41, 5.74) is 0. The standard InChI is InChI=1S/C5H11NO2.C4H4O4/c7-4-1-2-6-3-5(4)8;5-3(6)1-2-4(7)8/h4-8H,1-3H2;1-2H,(H,5,6)(H,7,8)/b;2-1+. The van der Waals surface area contributed by atoms with Gasteiger partial charge in [0.25, 0.3) is 0 Å². The number of hydrogen-bond acceptors (Lipinski definition) is 5. The van der Waals surface area contributed by atoms with Gasteiger partial charge in [0.15, 0.2) is 0 Å². The molecule has 0 amide bonds. The molecule has 0 aromatic carbocycles. The maximum absolute atomic E-state index is 9.55. The van der Waals surface area contributed by atoms with E-state index in [1.807, 2.05) is 0 Å². The zero-order valence-electron chi connectivity index (χ0n) is 8.54. The summed E-state index contributed by atoms with van der Waals surface area (Å²) < 4.78 is 0. The van der Waals surface area contributed by atoms with Gasteiger partial charge < -0.3 is 25.7 Å². The number of aliphatic hydroxyl groups is 2. The zero-order chi connectivity index (χ0) is 12.6. The van der Waals surface area contributed by atoms with Crippen molar-refractivity contribution in [3.05, 3.63) is 12.2 Å². The molecule has 0 spiro atoms. The Labute approximate surface area is 92.0 Å². The highest BCUT2D eigenvalue weighted by molar-refractivity contribution is 5.89. The summed E-state index contributed by atoms with van der Waals surface area (Å²) in [6.45, 7) is 1.35. The second kappa shape index (κ2) is 7.80. The van der Waals surface area contributed by atoms with Gasteiger partial charge in [0, 0.05) is 18.7 Å². The number of nitrogens with one attached hydrogen (secondary N) is 1. The lowest BCUT2D eigenvalue weighted by molar-refractivity contribution is -0.134. The van der Waals surface area contributed by atoms with Gasteiger partial charge in [-0.05, 0) is 13.0 Å². The summed E-state index contributed by atoms with van der Waals surface area (Å²) in [6, 6.07) is 0. The van der Waals surface area contributed by atoms with Crippen LogP contribution in [0.15, 0.2) is 12.2 Å². The molecule has 92 valence electrons. The van der Waals surface area contributed by atoms with Crippen molar-refractivity contribution in [1.29, 1.82) is 0 Å². The molecule has 1 saturated heterocycles. The molecule has 0 aromatic rings. The van der Waals surface area contributed by atoms with Crippen LogP contribution in [-0.4, -0.2) is 57.7 Å². The number of carboxylic acid groups (broad SMARTS) is 2. The molecule has 1 heterocycles. The lowest BCUT2D eigenvalue weighted by Crippen LogP contribution is -2.43. The van der Waals surface area contributed by atoms with Crippen molar-refractivity contribution in [2.24, 2.45) is 0 Å². The Balaban J connectivity index is 0.000000281. The molecule has 2 unspecified atom stereocenters. The first-order valence-electron chi connectivity index (χ1n) is 4.64. The molecule has 0 aromatic heterocycles. The fourth-order valence-corrected chi connectivity index (χ4v) is 0.971. The average molecular weight is 233 g/mol. The van der Waals surface area contributed by atoms with Gasteiger partial charge in [0.2, 0.25) is 0 Å². The van der Waals surface area contributed by atoms with Gasteiger partial charge in [-0.15, -0.1) is 0 Å². The summed E-state index contributed by atoms with van der Waals surface area (Å²) in [5.74, 6) is -2.51. The van der Waals surface area contributed by atoms with Gasteiger partial charge >= 0.3 is 11.9 Å². The molecule has 0 saturated carbocycles. The van der Waals surface area contributed by atoms with E-state index in [1.54, 1.807) is 0 Å². The normalized spacial score (nSPS) is 24.6. The first-order chi connectivity index (χ1) is 7.43. The van der Waals surface area contributed by atoms with Gasteiger partial charge in [0.1, 0.15) is 0 Å². The van der Waals surface area contributed by atoms with Crippen molar-refractivity contribution < 1.29 is 30.0 Å². The Morgan fingerprint density at radius 2 is 1.56 bits per heavy atom. The van der Waals surface area contributed by atoms with E-state index in [2.05, 4.69) is 5.32 Å². The predicted octanol–water partition coefficient (Wildman–Crippen LogP) is -1.59. The summed E-state index contributed by atoms with van der Waals surface area (Å²) in [5, 5.41) is 36.3. The van der Waals surface area contributed by atoms with Crippen molar-refractivity contribution in [2.75, 3.05) is 13.1 Å². The van der Waals surface area contributed by atoms with Gasteiger partial charge in [-0.1, -0.05) is 0 Å². The number of β-amino-alcohol motifs (C(OH)–C–C–N with tert-alkyl or cyclic N) is 1. The average Bonchev–Trinajstić information content (AvgIpc) is 2.20. The first kappa shape index (κ1) is 14.6. The van der Waals surface area contributed by atoms with E-state index in [0.29, 0.717) is 25.1 Å². The topological polar surface area (TPSA) is 127 Å². The second-order valence-corrected chi connectivity index (χ2v) is 3.14. The summed E-state index contributed by atoms with van der Waals surface area (Å²) >= 11 is 0. The molecule has 1 aliphatic heterocycles. The summed E-state index contributed by atoms with van der Waals surface area (Å²) in [7, 11) is 0. The van der Waals surface area contributed by atoms with Crippen LogP contribution in [0.4, 0.5) is 0 Å². The van der Waals surface area contributed by atoms with Crippen LogP contribution < -0.4 is 5.32 Å². The number of carboxylic acids is 2. The third-order valence-corrected chi connectivity index (χ3v) is 1.78. The highest BCUT2D eigenvalue weighted by Crippen LogP contribution is 2.01. The van der Waals surface area contributed by atoms with E-state index in [0.717, 1.165) is 6.54 Å². The zero-order valence-corrected chi connectivity index (χ0v) is 8.54. The van der Waals surface area contributed by atoms with E-state index in [-0.39, 0.29) is 0 Å². The van der Waals surface area contributed by atoms with Crippen LogP contribution in [0, 0.1) is 0 Å². The van der Waals surface area contributed by atoms with Crippen LogP contribution in [-0.2, 0) is 9.59 Å². The minimum Gasteiger partial charge on any atom is -0.478 e. The van der Waals surface area contributed by atoms with Crippen LogP contribution in [0.5, 0.6) is 0 Å². The van der Waals surface area contributed by atoms with Crippen molar-refractivity contribution in [2.45, 2.75) is 18.6 Å². The molecule has 0 radical (unpaired) electrons. The first-order valence-corrected chi connectivity index (χ1v) is 4.64. The lowest BCUT2D eigenvalue weighted by atomic mass is 10.1. The fourth-order valence-electron chi connectivity index (χ4n) is 0.971. The van der Waals surface area contributed by atoms with E-state index in [1.165, 1.54) is 0 Å². The molecule has 1 rings (SSSR count). The quantitative estimate of drug-likeness (QED) is 0.364. The number of hydrogen-bond donors (Lipinski definition) is 5. The van der Waals surface area contributed by atoms with Gasteiger partial charge in [-0.2, -0.15) is 0 Å². The number of carbonyl (C=O) groups is 2. The Hall–Kier alpha value is -1.44. The molecule has 0 bridgehead atoms. The molecule has 5 N–H and O–H groups in total. The number of aliphatic carboxylic acids is 2. The Morgan fingerprint density at radius 1 is 1.06 bits per heavy atom. The molecule has 1 fully saturated rings. The second-order valence-electron chi connectivity index (χ2n) is 3.14. The van der Waals surface area contributed by atoms with Crippen molar-refractivity contribution in [3.8, 4) is 0 Å². The third kappa shape index (κ3) is 7.92. The predicted molar refractivity (Wildman–Crippen MR) is 53.9 cm³/mol. The molecule has 2 atom stereocenters. The maximum atomic E-state index is 9.55. The van der Waals surface area contributed by atoms with Crippen molar-refractivity contribution >= 4 is 11.9 Å². The molecule has 16 heavy (non-hydrogen) atoms. The van der Waals surface area contributed by atoms with Gasteiger partial charge in [-0.3, -0.25) is 0 Å². The Kier molecular flexibility index (Phi) is 7.10. The monoisotopic (exact) mass is 233 g/mol. The minimum atomic E-state index is -1.26. The van der Waals surface area contributed by atoms with Crippen LogP contribution >= 0.6 is 0 Å². The number of piperidine rings is 1. The smallest absolute Gasteiger partial charge is 0.328 e. The molecule has 7 nitrogen and oxygen atoms in total. The van der Waals surface area contributed by atoms with Crippen molar-refractivity contribution in [3.63, 3.8) is 0 Å². The molecule has 0 aliphatic carbocycles. The van der Waals surface area contributed by atoms with E-state index in [9.17, 15) is 9.59 Å². The maximum Gasteiger partial charge on any atom is 0.328 e. The molecule has 1 aliphatic rings. The fraction of sp³-hybridized carbons (Fsp3) is 0.556. The van der Waals surface area contributed by atoms with E-state index < -0.39 is 24.1 Å². The molecule has 7 heteroatoms. The minimum absolute atomic E-state index is 0.503. The summed E-state index contributed by atoms with van der Waals surface area (Å²) in [4.78, 5) is 19.1. The highest BCUT2D eigenvalue weighted by Gasteiger charge is 2.18. The number of aliphatic hydroxyl groups excluding tert-OH is 2. The molecular weight excluding hydrogens is 218 g/mol. The summed E-state index contributed by atoms with van der Waals surface area (Å²) in [6.07, 6.45) is 0.728. The Morgan fingerprint density at radius 3 is 1.81 bits per heavy atom. The van der Waals surface area contributed by atoms with E-state index in [4.69, 9.17) is 20.4 Å². The van der Waals surface area contributed by atoms with Crippen LogP contribution in [0.1, 0.15) is 6.42 Å². The lowest BCUT2D eigenvalue weighted by Gasteiger charge is -2.23. The van der Waals surface area contributed by atoms with Crippen LogP contribution in [0.3, 0.4) is 0 Å². The SMILES string of the molecule is O=C(O)/C=C/C(=O)O.OC1CCNCC1O. The van der Waals surface area contributed by atoms with Gasteiger partial charge in [-0.25, -0.2) is 9.59 Å². The Bertz CT molecular complexity index is 239.